The zero-order valence-corrected chi connectivity index (χ0v) is 15.0. The maximum atomic E-state index is 12.8. The highest BCUT2D eigenvalue weighted by atomic mass is 19.4. The number of fused-ring (bicyclic) bond motifs is 3. The van der Waals surface area contributed by atoms with Gasteiger partial charge in [-0.25, -0.2) is 10.4 Å². The van der Waals surface area contributed by atoms with E-state index in [1.165, 1.54) is 29.8 Å². The van der Waals surface area contributed by atoms with Crippen LogP contribution in [0.1, 0.15) is 16.8 Å². The van der Waals surface area contributed by atoms with Crippen LogP contribution >= 0.6 is 0 Å². The summed E-state index contributed by atoms with van der Waals surface area (Å²) in [6.45, 7) is 1.52. The number of nitrogens with one attached hydrogen (secondary N) is 1. The highest BCUT2D eigenvalue weighted by Gasteiger charge is 2.30. The minimum absolute atomic E-state index is 0.164. The van der Waals surface area contributed by atoms with E-state index in [9.17, 15) is 18.0 Å². The molecule has 0 radical (unpaired) electrons. The Balaban J connectivity index is 1.75. The molecule has 4 rings (SSSR count). The highest BCUT2D eigenvalue weighted by molar-refractivity contribution is 5.92. The minimum atomic E-state index is -4.44. The van der Waals surface area contributed by atoms with Crippen molar-refractivity contribution in [2.24, 2.45) is 5.10 Å². The molecule has 29 heavy (non-hydrogen) atoms. The van der Waals surface area contributed by atoms with Gasteiger partial charge in [-0.15, -0.1) is 0 Å². The molecule has 1 N–H and O–H groups in total. The summed E-state index contributed by atoms with van der Waals surface area (Å²) >= 11 is 0. The van der Waals surface area contributed by atoms with E-state index in [4.69, 9.17) is 0 Å². The summed E-state index contributed by atoms with van der Waals surface area (Å²) in [4.78, 5) is 20.4. The van der Waals surface area contributed by atoms with E-state index in [2.05, 4.69) is 25.6 Å². The van der Waals surface area contributed by atoms with Crippen molar-refractivity contribution in [2.75, 3.05) is 5.43 Å². The van der Waals surface area contributed by atoms with Crippen molar-refractivity contribution in [1.82, 2.24) is 19.6 Å². The lowest BCUT2D eigenvalue weighted by atomic mass is 10.1. The Kier molecular flexibility index (Phi) is 4.45. The molecule has 0 saturated carbocycles. The Bertz CT molecular complexity index is 1310. The fourth-order valence-corrected chi connectivity index (χ4v) is 2.74. The smallest absolute Gasteiger partial charge is 0.265 e. The van der Waals surface area contributed by atoms with Crippen LogP contribution in [-0.4, -0.2) is 25.8 Å². The normalized spacial score (nSPS) is 12.1. The van der Waals surface area contributed by atoms with Crippen LogP contribution in [0.15, 0.2) is 58.4 Å². The van der Waals surface area contributed by atoms with Crippen molar-refractivity contribution in [1.29, 1.82) is 0 Å². The number of benzene rings is 2. The van der Waals surface area contributed by atoms with Crippen LogP contribution in [0.25, 0.3) is 16.6 Å². The average molecular weight is 398 g/mol. The van der Waals surface area contributed by atoms with E-state index >= 15 is 0 Å². The molecule has 146 valence electrons. The van der Waals surface area contributed by atoms with E-state index < -0.39 is 17.3 Å². The second-order valence-electron chi connectivity index (χ2n) is 6.18. The Morgan fingerprint density at radius 1 is 1.10 bits per heavy atom. The number of anilines is 1. The Morgan fingerprint density at radius 3 is 2.69 bits per heavy atom. The largest absolute Gasteiger partial charge is 0.416 e. The van der Waals surface area contributed by atoms with Crippen molar-refractivity contribution in [3.63, 3.8) is 0 Å². The number of hydrogen-bond acceptors (Lipinski definition) is 6. The van der Waals surface area contributed by atoms with Crippen molar-refractivity contribution in [3.05, 3.63) is 75.7 Å². The maximum Gasteiger partial charge on any atom is 0.416 e. The lowest BCUT2D eigenvalue weighted by Crippen LogP contribution is -2.18. The average Bonchev–Trinajstić information content (AvgIpc) is 2.69. The van der Waals surface area contributed by atoms with Crippen LogP contribution in [0.3, 0.4) is 0 Å². The van der Waals surface area contributed by atoms with Gasteiger partial charge in [0.05, 0.1) is 17.3 Å². The third-order valence-electron chi connectivity index (χ3n) is 4.13. The number of para-hydroxylation sites is 1. The SMILES string of the molecule is Cc1nn2c(NN=Cc3cccc(C(F)(F)F)c3)nc3ccccc3c2nc1=O. The zero-order chi connectivity index (χ0) is 20.6. The Hall–Kier alpha value is -3.82. The molecule has 2 heterocycles. The van der Waals surface area contributed by atoms with Crippen molar-refractivity contribution in [2.45, 2.75) is 13.1 Å². The highest BCUT2D eigenvalue weighted by Crippen LogP contribution is 2.29. The molecule has 2 aromatic carbocycles. The third kappa shape index (κ3) is 3.64. The number of halogens is 3. The standard InChI is InChI=1S/C19H13F3N6O/c1-11-17(29)25-16-14-7-2-3-8-15(14)24-18(28(16)27-11)26-23-10-12-5-4-6-13(9-12)19(20,21)22/h2-10H,1H3,(H,24,26). The first-order valence-corrected chi connectivity index (χ1v) is 8.46. The van der Waals surface area contributed by atoms with Crippen LogP contribution in [0, 0.1) is 6.92 Å². The van der Waals surface area contributed by atoms with Gasteiger partial charge in [0.2, 0.25) is 5.95 Å². The molecule has 0 amide bonds. The van der Waals surface area contributed by atoms with Crippen LogP contribution in [0.2, 0.25) is 0 Å². The molecular weight excluding hydrogens is 385 g/mol. The molecule has 0 aliphatic heterocycles. The number of hydrazone groups is 1. The zero-order valence-electron chi connectivity index (χ0n) is 15.0. The molecular formula is C19H13F3N6O. The number of aromatic nitrogens is 4. The number of nitrogens with zero attached hydrogens (tertiary/aromatic N) is 5. The van der Waals surface area contributed by atoms with Gasteiger partial charge in [-0.3, -0.25) is 4.79 Å². The number of aryl methyl sites for hydroxylation is 1. The second kappa shape index (κ2) is 6.97. The Morgan fingerprint density at radius 2 is 1.90 bits per heavy atom. The molecule has 0 saturated heterocycles. The van der Waals surface area contributed by atoms with E-state index in [-0.39, 0.29) is 17.2 Å². The molecule has 7 nitrogen and oxygen atoms in total. The van der Waals surface area contributed by atoms with Crippen LogP contribution < -0.4 is 11.0 Å². The van der Waals surface area contributed by atoms with Crippen LogP contribution in [0.4, 0.5) is 19.1 Å². The van der Waals surface area contributed by atoms with Gasteiger partial charge in [-0.1, -0.05) is 24.3 Å². The molecule has 4 aromatic rings. The fraction of sp³-hybridized carbons (Fsp3) is 0.105. The van der Waals surface area contributed by atoms with E-state index in [0.29, 0.717) is 16.6 Å². The quantitative estimate of drug-likeness (QED) is 0.325. The molecule has 10 heteroatoms. The molecule has 0 unspecified atom stereocenters. The summed E-state index contributed by atoms with van der Waals surface area (Å²) < 4.78 is 39.8. The second-order valence-corrected chi connectivity index (χ2v) is 6.18. The number of hydrogen-bond donors (Lipinski definition) is 1. The summed E-state index contributed by atoms with van der Waals surface area (Å²) in [6, 6.07) is 11.8. The van der Waals surface area contributed by atoms with Crippen molar-refractivity contribution < 1.29 is 13.2 Å². The van der Waals surface area contributed by atoms with Crippen molar-refractivity contribution >= 4 is 28.7 Å². The number of alkyl halides is 3. The third-order valence-corrected chi connectivity index (χ3v) is 4.13. The summed E-state index contributed by atoms with van der Waals surface area (Å²) in [7, 11) is 0. The van der Waals surface area contributed by atoms with Gasteiger partial charge in [0, 0.05) is 5.39 Å². The van der Waals surface area contributed by atoms with Gasteiger partial charge in [-0.2, -0.15) is 32.9 Å². The maximum absolute atomic E-state index is 12.8. The topological polar surface area (TPSA) is 84.5 Å². The first-order valence-electron chi connectivity index (χ1n) is 8.46. The minimum Gasteiger partial charge on any atom is -0.265 e. The Labute approximate surface area is 161 Å². The van der Waals surface area contributed by atoms with Gasteiger partial charge in [0.15, 0.2) is 5.65 Å². The summed E-state index contributed by atoms with van der Waals surface area (Å²) in [5.74, 6) is 0.164. The van der Waals surface area contributed by atoms with E-state index in [1.807, 2.05) is 0 Å². The molecule has 0 aliphatic rings. The molecule has 0 fully saturated rings. The molecule has 2 aromatic heterocycles. The molecule has 0 atom stereocenters. The summed E-state index contributed by atoms with van der Waals surface area (Å²) in [5, 5.41) is 8.79. The first-order chi connectivity index (χ1) is 13.8. The van der Waals surface area contributed by atoms with Crippen LogP contribution in [0.5, 0.6) is 0 Å². The predicted molar refractivity (Wildman–Crippen MR) is 102 cm³/mol. The van der Waals surface area contributed by atoms with Gasteiger partial charge in [0.25, 0.3) is 5.56 Å². The van der Waals surface area contributed by atoms with Gasteiger partial charge in [0.1, 0.15) is 5.69 Å². The first kappa shape index (κ1) is 18.5. The van der Waals surface area contributed by atoms with Gasteiger partial charge in [-0.05, 0) is 36.8 Å². The van der Waals surface area contributed by atoms with Crippen molar-refractivity contribution in [3.8, 4) is 0 Å². The molecule has 0 bridgehead atoms. The molecule has 0 aliphatic carbocycles. The fourth-order valence-electron chi connectivity index (χ4n) is 2.74. The van der Waals surface area contributed by atoms with Crippen LogP contribution in [-0.2, 0) is 6.18 Å². The summed E-state index contributed by atoms with van der Waals surface area (Å²) in [5.41, 5.74) is 2.72. The summed E-state index contributed by atoms with van der Waals surface area (Å²) in [6.07, 6.45) is -3.20. The number of rotatable bonds is 3. The van der Waals surface area contributed by atoms with Gasteiger partial charge < -0.3 is 0 Å². The molecule has 0 spiro atoms. The van der Waals surface area contributed by atoms with E-state index in [1.54, 1.807) is 24.3 Å². The lowest BCUT2D eigenvalue weighted by molar-refractivity contribution is -0.137. The predicted octanol–water partition coefficient (Wildman–Crippen LogP) is 3.41. The van der Waals surface area contributed by atoms with E-state index in [0.717, 1.165) is 12.1 Å². The van der Waals surface area contributed by atoms with Gasteiger partial charge >= 0.3 is 6.18 Å². The monoisotopic (exact) mass is 398 g/mol. The lowest BCUT2D eigenvalue weighted by Gasteiger charge is -2.09.